The lowest BCUT2D eigenvalue weighted by Crippen LogP contribution is -2.19. The van der Waals surface area contributed by atoms with Crippen molar-refractivity contribution in [1.82, 2.24) is 4.98 Å². The molecule has 22 heavy (non-hydrogen) atoms. The second-order valence-corrected chi connectivity index (χ2v) is 7.31. The van der Waals surface area contributed by atoms with Gasteiger partial charge in [-0.25, -0.2) is 0 Å². The third kappa shape index (κ3) is 2.91. The first kappa shape index (κ1) is 14.8. The molecule has 2 aromatic rings. The van der Waals surface area contributed by atoms with Gasteiger partial charge in [-0.3, -0.25) is 9.59 Å². The fourth-order valence-corrected chi connectivity index (χ4v) is 3.16. The summed E-state index contributed by atoms with van der Waals surface area (Å²) in [6.45, 7) is 6.11. The van der Waals surface area contributed by atoms with E-state index >= 15 is 0 Å². The summed E-state index contributed by atoms with van der Waals surface area (Å²) in [6.07, 6.45) is 3.34. The second kappa shape index (κ2) is 5.27. The van der Waals surface area contributed by atoms with Gasteiger partial charge in [-0.05, 0) is 42.4 Å². The van der Waals surface area contributed by atoms with Crippen LogP contribution in [0.2, 0.25) is 0 Å². The molecule has 0 bridgehead atoms. The van der Waals surface area contributed by atoms with E-state index < -0.39 is 0 Å². The zero-order valence-corrected chi connectivity index (χ0v) is 13.4. The number of nitrogens with one attached hydrogen (secondary N) is 2. The van der Waals surface area contributed by atoms with Gasteiger partial charge in [0, 0.05) is 23.1 Å². The molecule has 1 aliphatic rings. The number of amides is 1. The molecule has 0 unspecified atom stereocenters. The molecule has 0 atom stereocenters. The number of aromatic nitrogens is 1. The smallest absolute Gasteiger partial charge is 0.251 e. The number of aromatic amines is 1. The SMILES string of the molecule is CC(C)(C)CC(=O)Nc1ccc2c3c(c(=O)[nH]c2c1)CCC3. The number of pyridine rings is 1. The number of anilines is 1. The predicted octanol–water partition coefficient (Wildman–Crippen LogP) is 3.39. The zero-order valence-electron chi connectivity index (χ0n) is 13.4. The molecule has 4 heteroatoms. The number of carbonyl (C=O) groups is 1. The molecule has 0 aliphatic heterocycles. The van der Waals surface area contributed by atoms with Gasteiger partial charge in [0.05, 0.1) is 5.52 Å². The first-order chi connectivity index (χ1) is 10.3. The van der Waals surface area contributed by atoms with Gasteiger partial charge in [-0.15, -0.1) is 0 Å². The van der Waals surface area contributed by atoms with Crippen molar-refractivity contribution in [3.8, 4) is 0 Å². The Kier molecular flexibility index (Phi) is 3.55. The van der Waals surface area contributed by atoms with Gasteiger partial charge in [0.1, 0.15) is 0 Å². The summed E-state index contributed by atoms with van der Waals surface area (Å²) in [5.74, 6) is -0.00430. The van der Waals surface area contributed by atoms with Gasteiger partial charge in [0.15, 0.2) is 0 Å². The molecular formula is C18H22N2O2. The van der Waals surface area contributed by atoms with Crippen LogP contribution in [0.15, 0.2) is 23.0 Å². The van der Waals surface area contributed by atoms with Crippen LogP contribution in [-0.4, -0.2) is 10.9 Å². The molecule has 3 rings (SSSR count). The average molecular weight is 298 g/mol. The Hall–Kier alpha value is -2.10. The largest absolute Gasteiger partial charge is 0.326 e. The van der Waals surface area contributed by atoms with Crippen LogP contribution in [0.4, 0.5) is 5.69 Å². The molecule has 1 aliphatic carbocycles. The third-order valence-corrected chi connectivity index (χ3v) is 4.06. The van der Waals surface area contributed by atoms with Crippen LogP contribution in [0.3, 0.4) is 0 Å². The Balaban J connectivity index is 1.93. The van der Waals surface area contributed by atoms with Crippen molar-refractivity contribution in [2.24, 2.45) is 5.41 Å². The van der Waals surface area contributed by atoms with E-state index in [0.717, 1.165) is 41.4 Å². The van der Waals surface area contributed by atoms with Crippen molar-refractivity contribution in [3.05, 3.63) is 39.7 Å². The van der Waals surface area contributed by atoms with Crippen molar-refractivity contribution in [2.45, 2.75) is 46.5 Å². The highest BCUT2D eigenvalue weighted by atomic mass is 16.1. The minimum atomic E-state index is -0.0456. The van der Waals surface area contributed by atoms with E-state index in [1.165, 1.54) is 5.56 Å². The highest BCUT2D eigenvalue weighted by Crippen LogP contribution is 2.28. The van der Waals surface area contributed by atoms with Crippen LogP contribution in [0.1, 0.15) is 44.7 Å². The summed E-state index contributed by atoms with van der Waals surface area (Å²) in [4.78, 5) is 27.1. The van der Waals surface area contributed by atoms with Gasteiger partial charge < -0.3 is 10.3 Å². The molecule has 1 aromatic heterocycles. The Morgan fingerprint density at radius 2 is 1.95 bits per heavy atom. The molecule has 4 nitrogen and oxygen atoms in total. The molecule has 2 N–H and O–H groups in total. The molecule has 1 heterocycles. The normalized spacial score (nSPS) is 14.1. The highest BCUT2D eigenvalue weighted by molar-refractivity contribution is 5.94. The number of fused-ring (bicyclic) bond motifs is 3. The predicted molar refractivity (Wildman–Crippen MR) is 89.3 cm³/mol. The van der Waals surface area contributed by atoms with Gasteiger partial charge >= 0.3 is 0 Å². The molecule has 0 spiro atoms. The second-order valence-electron chi connectivity index (χ2n) is 7.31. The fraction of sp³-hybridized carbons (Fsp3) is 0.444. The molecule has 0 saturated carbocycles. The zero-order chi connectivity index (χ0) is 15.9. The number of rotatable bonds is 2. The third-order valence-electron chi connectivity index (χ3n) is 4.06. The number of carbonyl (C=O) groups excluding carboxylic acids is 1. The van der Waals surface area contributed by atoms with E-state index in [1.54, 1.807) is 0 Å². The topological polar surface area (TPSA) is 62.0 Å². The van der Waals surface area contributed by atoms with Crippen LogP contribution in [0.25, 0.3) is 10.9 Å². The van der Waals surface area contributed by atoms with E-state index in [-0.39, 0.29) is 16.9 Å². The Labute approximate surface area is 129 Å². The fourth-order valence-electron chi connectivity index (χ4n) is 3.16. The average Bonchev–Trinajstić information content (AvgIpc) is 2.86. The molecular weight excluding hydrogens is 276 g/mol. The van der Waals surface area contributed by atoms with Crippen LogP contribution < -0.4 is 10.9 Å². The summed E-state index contributed by atoms with van der Waals surface area (Å²) < 4.78 is 0. The highest BCUT2D eigenvalue weighted by Gasteiger charge is 2.19. The van der Waals surface area contributed by atoms with Crippen molar-refractivity contribution in [3.63, 3.8) is 0 Å². The van der Waals surface area contributed by atoms with E-state index in [4.69, 9.17) is 0 Å². The summed E-state index contributed by atoms with van der Waals surface area (Å²) >= 11 is 0. The first-order valence-electron chi connectivity index (χ1n) is 7.81. The maximum Gasteiger partial charge on any atom is 0.251 e. The van der Waals surface area contributed by atoms with Crippen LogP contribution in [-0.2, 0) is 17.6 Å². The van der Waals surface area contributed by atoms with Crippen molar-refractivity contribution in [2.75, 3.05) is 5.32 Å². The molecule has 1 aromatic carbocycles. The van der Waals surface area contributed by atoms with Crippen molar-refractivity contribution >= 4 is 22.5 Å². The summed E-state index contributed by atoms with van der Waals surface area (Å²) in [6, 6.07) is 5.78. The minimum absolute atomic E-state index is 0.00430. The van der Waals surface area contributed by atoms with Crippen LogP contribution >= 0.6 is 0 Å². The van der Waals surface area contributed by atoms with E-state index in [9.17, 15) is 9.59 Å². The van der Waals surface area contributed by atoms with Crippen molar-refractivity contribution in [1.29, 1.82) is 0 Å². The maximum atomic E-state index is 12.1. The van der Waals surface area contributed by atoms with Gasteiger partial charge in [0.25, 0.3) is 5.56 Å². The van der Waals surface area contributed by atoms with Gasteiger partial charge in [-0.1, -0.05) is 26.8 Å². The van der Waals surface area contributed by atoms with E-state index in [0.29, 0.717) is 6.42 Å². The number of H-pyrrole nitrogens is 1. The molecule has 0 saturated heterocycles. The molecule has 116 valence electrons. The minimum Gasteiger partial charge on any atom is -0.326 e. The molecule has 1 amide bonds. The van der Waals surface area contributed by atoms with Gasteiger partial charge in [-0.2, -0.15) is 0 Å². The lowest BCUT2D eigenvalue weighted by molar-refractivity contribution is -0.117. The number of aryl methyl sites for hydroxylation is 1. The summed E-state index contributed by atoms with van der Waals surface area (Å²) in [7, 11) is 0. The molecule has 0 radical (unpaired) electrons. The summed E-state index contributed by atoms with van der Waals surface area (Å²) in [5.41, 5.74) is 3.60. The van der Waals surface area contributed by atoms with E-state index in [2.05, 4.69) is 10.3 Å². The van der Waals surface area contributed by atoms with Crippen molar-refractivity contribution < 1.29 is 4.79 Å². The van der Waals surface area contributed by atoms with Crippen LogP contribution in [0, 0.1) is 5.41 Å². The number of hydrogen-bond donors (Lipinski definition) is 2. The Morgan fingerprint density at radius 3 is 2.68 bits per heavy atom. The van der Waals surface area contributed by atoms with Gasteiger partial charge in [0.2, 0.25) is 5.91 Å². The molecule has 0 fully saturated rings. The monoisotopic (exact) mass is 298 g/mol. The summed E-state index contributed by atoms with van der Waals surface area (Å²) in [5, 5.41) is 4.01. The lowest BCUT2D eigenvalue weighted by Gasteiger charge is -2.17. The Morgan fingerprint density at radius 1 is 1.23 bits per heavy atom. The standard InChI is InChI=1S/C18H22N2O2/c1-18(2,3)10-16(21)19-11-7-8-13-12-5-4-6-14(12)17(22)20-15(13)9-11/h7-9H,4-6,10H2,1-3H3,(H,19,21)(H,20,22). The Bertz CT molecular complexity index is 797. The van der Waals surface area contributed by atoms with Crippen LogP contribution in [0.5, 0.6) is 0 Å². The lowest BCUT2D eigenvalue weighted by atomic mass is 9.92. The number of hydrogen-bond acceptors (Lipinski definition) is 2. The maximum absolute atomic E-state index is 12.1. The first-order valence-corrected chi connectivity index (χ1v) is 7.81. The van der Waals surface area contributed by atoms with E-state index in [1.807, 2.05) is 39.0 Å². The number of benzene rings is 1. The quantitative estimate of drug-likeness (QED) is 0.892.